The molecule has 0 aliphatic carbocycles. The Morgan fingerprint density at radius 1 is 0.536 bits per heavy atom. The minimum Gasteiger partial charge on any atom is -0.462 e. The molecule has 0 aromatic heterocycles. The fourth-order valence-corrected chi connectivity index (χ4v) is 7.40. The smallest absolute Gasteiger partial charge is 0.462 e. The zero-order chi connectivity index (χ0) is 41.1. The number of hydrogen-bond acceptors (Lipinski definition) is 8. The summed E-state index contributed by atoms with van der Waals surface area (Å²) in [7, 11) is -4.39. The zero-order valence-corrected chi connectivity index (χ0v) is 37.3. The maximum atomic E-state index is 12.5. The van der Waals surface area contributed by atoms with Crippen LogP contribution in [0.25, 0.3) is 0 Å². The van der Waals surface area contributed by atoms with E-state index in [2.05, 4.69) is 26.0 Å². The van der Waals surface area contributed by atoms with Crippen LogP contribution in [0.3, 0.4) is 0 Å². The number of esters is 2. The molecule has 0 heterocycles. The number of hydrogen-bond donors (Lipinski definition) is 2. The van der Waals surface area contributed by atoms with Crippen LogP contribution < -0.4 is 5.73 Å². The van der Waals surface area contributed by atoms with Crippen molar-refractivity contribution in [3.8, 4) is 0 Å². The number of nitrogens with two attached hydrogens (primary N) is 1. The first-order valence-electron chi connectivity index (χ1n) is 23.3. The standard InChI is InChI=1S/C46H88NO8P/c1-3-5-7-9-11-13-15-17-18-19-20-21-22-23-24-25-27-28-30-32-34-36-38-45(48)52-42-44(43-54-56(50,51)53-41-40-47)55-46(49)39-37-35-33-31-29-26-16-14-12-10-8-6-4-2/h26,29,33,35,44H,3-25,27-28,30-32,34,36-43,47H2,1-2H3,(H,50,51)/b29-26+,35-33+. The van der Waals surface area contributed by atoms with Gasteiger partial charge in [0.2, 0.25) is 0 Å². The molecule has 0 amide bonds. The van der Waals surface area contributed by atoms with Crippen molar-refractivity contribution in [2.45, 2.75) is 232 Å². The van der Waals surface area contributed by atoms with Crippen molar-refractivity contribution in [2.24, 2.45) is 5.73 Å². The van der Waals surface area contributed by atoms with Gasteiger partial charge in [-0.2, -0.15) is 0 Å². The number of carbonyl (C=O) groups excluding carboxylic acids is 2. The Morgan fingerprint density at radius 3 is 1.43 bits per heavy atom. The van der Waals surface area contributed by atoms with Gasteiger partial charge in [-0.15, -0.1) is 0 Å². The van der Waals surface area contributed by atoms with Crippen LogP contribution in [-0.2, 0) is 32.7 Å². The molecule has 0 aliphatic heterocycles. The van der Waals surface area contributed by atoms with Crippen molar-refractivity contribution in [3.63, 3.8) is 0 Å². The topological polar surface area (TPSA) is 134 Å². The van der Waals surface area contributed by atoms with E-state index in [0.717, 1.165) is 32.1 Å². The Bertz CT molecular complexity index is 975. The molecule has 330 valence electrons. The molecule has 2 unspecified atom stereocenters. The molecule has 0 spiro atoms. The van der Waals surface area contributed by atoms with E-state index in [-0.39, 0.29) is 32.6 Å². The van der Waals surface area contributed by atoms with Crippen LogP contribution in [0.1, 0.15) is 226 Å². The molecule has 56 heavy (non-hydrogen) atoms. The van der Waals surface area contributed by atoms with Gasteiger partial charge in [0.05, 0.1) is 13.2 Å². The molecule has 0 saturated carbocycles. The van der Waals surface area contributed by atoms with E-state index in [1.165, 1.54) is 161 Å². The lowest BCUT2D eigenvalue weighted by atomic mass is 10.0. The number of phosphoric ester groups is 1. The number of carbonyl (C=O) groups is 2. The molecule has 3 N–H and O–H groups in total. The molecule has 10 heteroatoms. The van der Waals surface area contributed by atoms with E-state index in [1.807, 2.05) is 12.2 Å². The highest BCUT2D eigenvalue weighted by molar-refractivity contribution is 7.47. The molecule has 0 saturated heterocycles. The van der Waals surface area contributed by atoms with E-state index in [9.17, 15) is 19.0 Å². The van der Waals surface area contributed by atoms with E-state index in [4.69, 9.17) is 24.3 Å². The van der Waals surface area contributed by atoms with E-state index < -0.39 is 32.5 Å². The quantitative estimate of drug-likeness (QED) is 0.0267. The van der Waals surface area contributed by atoms with Gasteiger partial charge in [-0.1, -0.05) is 205 Å². The molecule has 2 atom stereocenters. The number of ether oxygens (including phenoxy) is 2. The van der Waals surface area contributed by atoms with Crippen LogP contribution in [-0.4, -0.2) is 49.3 Å². The summed E-state index contributed by atoms with van der Waals surface area (Å²) in [4.78, 5) is 34.8. The third-order valence-corrected chi connectivity index (χ3v) is 11.1. The molecular formula is C46H88NO8P. The highest BCUT2D eigenvalue weighted by Gasteiger charge is 2.25. The summed E-state index contributed by atoms with van der Waals surface area (Å²) in [6.07, 6.45) is 46.7. The molecule has 0 fully saturated rings. The Kier molecular flexibility index (Phi) is 41.9. The summed E-state index contributed by atoms with van der Waals surface area (Å²) >= 11 is 0. The van der Waals surface area contributed by atoms with Gasteiger partial charge in [0.25, 0.3) is 0 Å². The van der Waals surface area contributed by atoms with Gasteiger partial charge in [0.15, 0.2) is 6.10 Å². The minimum absolute atomic E-state index is 0.0476. The summed E-state index contributed by atoms with van der Waals surface area (Å²) in [5.74, 6) is -0.897. The highest BCUT2D eigenvalue weighted by Crippen LogP contribution is 2.43. The fraction of sp³-hybridized carbons (Fsp3) is 0.870. The van der Waals surface area contributed by atoms with Crippen molar-refractivity contribution in [3.05, 3.63) is 24.3 Å². The second-order valence-electron chi connectivity index (χ2n) is 15.6. The number of phosphoric acid groups is 1. The van der Waals surface area contributed by atoms with Crippen LogP contribution in [0.15, 0.2) is 24.3 Å². The number of rotatable bonds is 44. The lowest BCUT2D eigenvalue weighted by molar-refractivity contribution is -0.161. The predicted octanol–water partition coefficient (Wildman–Crippen LogP) is 13.6. The van der Waals surface area contributed by atoms with Gasteiger partial charge in [-0.05, 0) is 32.1 Å². The van der Waals surface area contributed by atoms with Crippen molar-refractivity contribution in [1.82, 2.24) is 0 Å². The number of unbranched alkanes of at least 4 members (excludes halogenated alkanes) is 27. The second-order valence-corrected chi connectivity index (χ2v) is 17.1. The highest BCUT2D eigenvalue weighted by atomic mass is 31.2. The Hall–Kier alpha value is -1.51. The lowest BCUT2D eigenvalue weighted by Crippen LogP contribution is -2.29. The van der Waals surface area contributed by atoms with Crippen molar-refractivity contribution in [2.75, 3.05) is 26.4 Å². The molecule has 0 radical (unpaired) electrons. The molecule has 9 nitrogen and oxygen atoms in total. The first kappa shape index (κ1) is 54.5. The molecule has 0 aromatic rings. The average molecular weight is 814 g/mol. The predicted molar refractivity (Wildman–Crippen MR) is 234 cm³/mol. The van der Waals surface area contributed by atoms with Gasteiger partial charge in [-0.25, -0.2) is 4.57 Å². The Labute approximate surface area is 344 Å². The van der Waals surface area contributed by atoms with Gasteiger partial charge in [-0.3, -0.25) is 18.6 Å². The molecule has 0 bridgehead atoms. The lowest BCUT2D eigenvalue weighted by Gasteiger charge is -2.19. The monoisotopic (exact) mass is 814 g/mol. The SMILES string of the molecule is CCCCCCCC/C=C/C/C=C/CCC(=O)OC(COC(=O)CCCCCCCCCCCCCCCCCCCCCCCC)COP(=O)(O)OCCN. The van der Waals surface area contributed by atoms with Crippen molar-refractivity contribution in [1.29, 1.82) is 0 Å². The van der Waals surface area contributed by atoms with Gasteiger partial charge in [0, 0.05) is 19.4 Å². The third-order valence-electron chi connectivity index (χ3n) is 10.1. The van der Waals surface area contributed by atoms with E-state index >= 15 is 0 Å². The summed E-state index contributed by atoms with van der Waals surface area (Å²) in [5.41, 5.74) is 5.34. The van der Waals surface area contributed by atoms with Crippen LogP contribution in [0.2, 0.25) is 0 Å². The normalized spacial score (nSPS) is 13.4. The molecule has 0 rings (SSSR count). The van der Waals surface area contributed by atoms with E-state index in [1.54, 1.807) is 0 Å². The minimum atomic E-state index is -4.39. The first-order valence-corrected chi connectivity index (χ1v) is 24.8. The molecule has 0 aliphatic rings. The molecular weight excluding hydrogens is 725 g/mol. The van der Waals surface area contributed by atoms with Crippen LogP contribution in [0, 0.1) is 0 Å². The maximum absolute atomic E-state index is 12.5. The van der Waals surface area contributed by atoms with Crippen molar-refractivity contribution >= 4 is 19.8 Å². The number of allylic oxidation sites excluding steroid dienone is 4. The van der Waals surface area contributed by atoms with Crippen LogP contribution in [0.5, 0.6) is 0 Å². The summed E-state index contributed by atoms with van der Waals surface area (Å²) in [6, 6.07) is 0. The van der Waals surface area contributed by atoms with Crippen LogP contribution >= 0.6 is 7.82 Å². The summed E-state index contributed by atoms with van der Waals surface area (Å²) in [6.45, 7) is 3.69. The van der Waals surface area contributed by atoms with E-state index in [0.29, 0.717) is 6.42 Å². The van der Waals surface area contributed by atoms with Gasteiger partial charge < -0.3 is 20.1 Å². The molecule has 0 aromatic carbocycles. The average Bonchev–Trinajstić information content (AvgIpc) is 3.18. The van der Waals surface area contributed by atoms with Crippen LogP contribution in [0.4, 0.5) is 0 Å². The maximum Gasteiger partial charge on any atom is 0.472 e. The summed E-state index contributed by atoms with van der Waals surface area (Å²) < 4.78 is 32.7. The summed E-state index contributed by atoms with van der Waals surface area (Å²) in [5, 5.41) is 0. The Balaban J connectivity index is 4.05. The van der Waals surface area contributed by atoms with Gasteiger partial charge >= 0.3 is 19.8 Å². The zero-order valence-electron chi connectivity index (χ0n) is 36.4. The Morgan fingerprint density at radius 2 is 0.964 bits per heavy atom. The third kappa shape index (κ3) is 42.1. The first-order chi connectivity index (χ1) is 27.3. The second kappa shape index (κ2) is 43.1. The van der Waals surface area contributed by atoms with Crippen molar-refractivity contribution < 1.29 is 37.6 Å². The van der Waals surface area contributed by atoms with Gasteiger partial charge in [0.1, 0.15) is 6.61 Å². The largest absolute Gasteiger partial charge is 0.472 e. The fourth-order valence-electron chi connectivity index (χ4n) is 6.63.